The molecule has 0 bridgehead atoms. The number of carbonyl (C=O) groups excluding carboxylic acids is 2. The molecule has 0 radical (unpaired) electrons. The second-order valence-electron chi connectivity index (χ2n) is 5.28. The normalized spacial score (nSPS) is 10.3. The standard InChI is InChI=1S/C18H15ClN4O3/c19-14-9-5-4-8-13(14)16(24)20-10-11-21-17(25)18-22-15(23-26-18)12-6-2-1-3-7-12/h1-9H,10-11H2,(H,20,24)(H,21,25). The van der Waals surface area contributed by atoms with Gasteiger partial charge in [-0.15, -0.1) is 0 Å². The topological polar surface area (TPSA) is 97.1 Å². The number of benzene rings is 2. The van der Waals surface area contributed by atoms with Crippen molar-refractivity contribution in [3.63, 3.8) is 0 Å². The number of nitrogens with one attached hydrogen (secondary N) is 2. The minimum absolute atomic E-state index is 0.138. The van der Waals surface area contributed by atoms with Crippen LogP contribution in [0.5, 0.6) is 0 Å². The fourth-order valence-electron chi connectivity index (χ4n) is 2.19. The van der Waals surface area contributed by atoms with Crippen LogP contribution in [0.25, 0.3) is 11.4 Å². The van der Waals surface area contributed by atoms with Gasteiger partial charge in [0.05, 0.1) is 10.6 Å². The van der Waals surface area contributed by atoms with Gasteiger partial charge in [-0.2, -0.15) is 4.98 Å². The Hall–Kier alpha value is -3.19. The van der Waals surface area contributed by atoms with Crippen LogP contribution < -0.4 is 10.6 Å². The Morgan fingerprint density at radius 2 is 1.58 bits per heavy atom. The lowest BCUT2D eigenvalue weighted by atomic mass is 10.2. The summed E-state index contributed by atoms with van der Waals surface area (Å²) >= 11 is 5.96. The van der Waals surface area contributed by atoms with Gasteiger partial charge >= 0.3 is 11.8 Å². The molecule has 132 valence electrons. The number of halogens is 1. The van der Waals surface area contributed by atoms with Gasteiger partial charge in [0.2, 0.25) is 5.82 Å². The van der Waals surface area contributed by atoms with E-state index < -0.39 is 5.91 Å². The maximum absolute atomic E-state index is 12.0. The highest BCUT2D eigenvalue weighted by Crippen LogP contribution is 2.15. The Bertz CT molecular complexity index is 912. The molecule has 2 amide bonds. The van der Waals surface area contributed by atoms with Crippen LogP contribution in [0.15, 0.2) is 59.1 Å². The van der Waals surface area contributed by atoms with Crippen LogP contribution in [0.4, 0.5) is 0 Å². The van der Waals surface area contributed by atoms with Crippen molar-refractivity contribution < 1.29 is 14.1 Å². The SMILES string of the molecule is O=C(NCCNC(=O)c1ccccc1Cl)c1nc(-c2ccccc2)no1. The predicted molar refractivity (Wildman–Crippen MR) is 95.9 cm³/mol. The molecule has 0 saturated heterocycles. The lowest BCUT2D eigenvalue weighted by molar-refractivity contribution is 0.0898. The van der Waals surface area contributed by atoms with Crippen LogP contribution in [0.3, 0.4) is 0 Å². The van der Waals surface area contributed by atoms with Gasteiger partial charge in [-0.05, 0) is 12.1 Å². The molecule has 2 N–H and O–H groups in total. The number of amides is 2. The Morgan fingerprint density at radius 1 is 0.923 bits per heavy atom. The van der Waals surface area contributed by atoms with Crippen molar-refractivity contribution in [3.8, 4) is 11.4 Å². The molecular formula is C18H15ClN4O3. The van der Waals surface area contributed by atoms with Gasteiger partial charge < -0.3 is 15.2 Å². The average molecular weight is 371 g/mol. The van der Waals surface area contributed by atoms with Gasteiger partial charge in [-0.3, -0.25) is 9.59 Å². The third-order valence-electron chi connectivity index (χ3n) is 3.47. The molecule has 8 heteroatoms. The van der Waals surface area contributed by atoms with Gasteiger partial charge in [-0.1, -0.05) is 59.2 Å². The van der Waals surface area contributed by atoms with E-state index in [1.54, 1.807) is 24.3 Å². The molecular weight excluding hydrogens is 356 g/mol. The number of nitrogens with zero attached hydrogens (tertiary/aromatic N) is 2. The minimum Gasteiger partial charge on any atom is -0.350 e. The molecule has 0 unspecified atom stereocenters. The Kier molecular flexibility index (Phi) is 5.60. The first kappa shape index (κ1) is 17.6. The van der Waals surface area contributed by atoms with Crippen molar-refractivity contribution >= 4 is 23.4 Å². The van der Waals surface area contributed by atoms with E-state index >= 15 is 0 Å². The van der Waals surface area contributed by atoms with Crippen molar-refractivity contribution in [1.29, 1.82) is 0 Å². The Labute approximate surface area is 154 Å². The third-order valence-corrected chi connectivity index (χ3v) is 3.80. The molecule has 0 fully saturated rings. The van der Waals surface area contributed by atoms with Crippen molar-refractivity contribution in [2.45, 2.75) is 0 Å². The molecule has 1 aromatic heterocycles. The summed E-state index contributed by atoms with van der Waals surface area (Å²) in [6.07, 6.45) is 0. The van der Waals surface area contributed by atoms with Gasteiger partial charge in [0.1, 0.15) is 0 Å². The number of hydrogen-bond acceptors (Lipinski definition) is 5. The first-order chi connectivity index (χ1) is 12.6. The largest absolute Gasteiger partial charge is 0.350 e. The zero-order chi connectivity index (χ0) is 18.4. The van der Waals surface area contributed by atoms with E-state index in [-0.39, 0.29) is 24.9 Å². The molecule has 0 aliphatic carbocycles. The molecule has 3 rings (SSSR count). The fraction of sp³-hybridized carbons (Fsp3) is 0.111. The Balaban J connectivity index is 1.48. The van der Waals surface area contributed by atoms with Crippen LogP contribution in [-0.4, -0.2) is 35.0 Å². The predicted octanol–water partition coefficient (Wildman–Crippen LogP) is 2.55. The van der Waals surface area contributed by atoms with Crippen LogP contribution in [0.2, 0.25) is 5.02 Å². The lowest BCUT2D eigenvalue weighted by Gasteiger charge is -2.06. The van der Waals surface area contributed by atoms with Crippen LogP contribution >= 0.6 is 11.6 Å². The number of hydrogen-bond donors (Lipinski definition) is 2. The zero-order valence-electron chi connectivity index (χ0n) is 13.6. The summed E-state index contributed by atoms with van der Waals surface area (Å²) in [5.74, 6) is -0.621. The van der Waals surface area contributed by atoms with Gasteiger partial charge in [0.25, 0.3) is 5.91 Å². The molecule has 1 heterocycles. The first-order valence-electron chi connectivity index (χ1n) is 7.85. The van der Waals surface area contributed by atoms with Gasteiger partial charge in [0.15, 0.2) is 0 Å². The summed E-state index contributed by atoms with van der Waals surface area (Å²) in [5.41, 5.74) is 1.13. The molecule has 0 aliphatic rings. The molecule has 0 atom stereocenters. The monoisotopic (exact) mass is 370 g/mol. The van der Waals surface area contributed by atoms with E-state index in [9.17, 15) is 9.59 Å². The van der Waals surface area contributed by atoms with Crippen LogP contribution in [-0.2, 0) is 0 Å². The summed E-state index contributed by atoms with van der Waals surface area (Å²) in [4.78, 5) is 28.1. The third kappa shape index (κ3) is 4.25. The van der Waals surface area contributed by atoms with Crippen molar-refractivity contribution in [2.75, 3.05) is 13.1 Å². The molecule has 2 aromatic carbocycles. The summed E-state index contributed by atoms with van der Waals surface area (Å²) in [6.45, 7) is 0.438. The zero-order valence-corrected chi connectivity index (χ0v) is 14.4. The number of carbonyl (C=O) groups is 2. The molecule has 7 nitrogen and oxygen atoms in total. The minimum atomic E-state index is -0.508. The molecule has 0 aliphatic heterocycles. The van der Waals surface area contributed by atoms with Crippen molar-refractivity contribution in [2.24, 2.45) is 0 Å². The molecule has 26 heavy (non-hydrogen) atoms. The fourth-order valence-corrected chi connectivity index (χ4v) is 2.41. The van der Waals surface area contributed by atoms with Crippen LogP contribution in [0, 0.1) is 0 Å². The first-order valence-corrected chi connectivity index (χ1v) is 8.23. The van der Waals surface area contributed by atoms with E-state index in [1.807, 2.05) is 30.3 Å². The summed E-state index contributed by atoms with van der Waals surface area (Å²) in [7, 11) is 0. The van der Waals surface area contributed by atoms with E-state index in [2.05, 4.69) is 20.8 Å². The van der Waals surface area contributed by atoms with E-state index in [1.165, 1.54) is 0 Å². The smallest absolute Gasteiger partial charge is 0.316 e. The highest BCUT2D eigenvalue weighted by atomic mass is 35.5. The van der Waals surface area contributed by atoms with Gasteiger partial charge in [-0.25, -0.2) is 0 Å². The Morgan fingerprint density at radius 3 is 2.31 bits per heavy atom. The maximum atomic E-state index is 12.0. The van der Waals surface area contributed by atoms with E-state index in [0.29, 0.717) is 16.4 Å². The number of rotatable bonds is 6. The molecule has 0 saturated carbocycles. The summed E-state index contributed by atoms with van der Waals surface area (Å²) in [5, 5.41) is 9.43. The van der Waals surface area contributed by atoms with Crippen molar-refractivity contribution in [3.05, 3.63) is 71.1 Å². The maximum Gasteiger partial charge on any atom is 0.316 e. The quantitative estimate of drug-likeness (QED) is 0.650. The second kappa shape index (κ2) is 8.26. The van der Waals surface area contributed by atoms with E-state index in [4.69, 9.17) is 16.1 Å². The van der Waals surface area contributed by atoms with Crippen molar-refractivity contribution in [1.82, 2.24) is 20.8 Å². The average Bonchev–Trinajstić information content (AvgIpc) is 3.16. The molecule has 3 aromatic rings. The van der Waals surface area contributed by atoms with E-state index in [0.717, 1.165) is 5.56 Å². The van der Waals surface area contributed by atoms with Gasteiger partial charge in [0, 0.05) is 18.7 Å². The summed E-state index contributed by atoms with van der Waals surface area (Å²) in [6, 6.07) is 15.9. The lowest BCUT2D eigenvalue weighted by Crippen LogP contribution is -2.34. The molecule has 0 spiro atoms. The highest BCUT2D eigenvalue weighted by molar-refractivity contribution is 6.33. The highest BCUT2D eigenvalue weighted by Gasteiger charge is 2.15. The summed E-state index contributed by atoms with van der Waals surface area (Å²) < 4.78 is 4.97. The van der Waals surface area contributed by atoms with Crippen LogP contribution in [0.1, 0.15) is 21.0 Å². The number of aromatic nitrogens is 2. The second-order valence-corrected chi connectivity index (χ2v) is 5.69.